The third kappa shape index (κ3) is 7.88. The second kappa shape index (κ2) is 10.5. The van der Waals surface area contributed by atoms with Crippen molar-refractivity contribution in [2.24, 2.45) is 5.92 Å². The first-order valence-electron chi connectivity index (χ1n) is 9.56. The van der Waals surface area contributed by atoms with Gasteiger partial charge in [0.25, 0.3) is 0 Å². The van der Waals surface area contributed by atoms with Crippen LogP contribution in [0.2, 0.25) is 0 Å². The van der Waals surface area contributed by atoms with Crippen molar-refractivity contribution in [2.45, 2.75) is 44.7 Å². The van der Waals surface area contributed by atoms with Crippen LogP contribution in [-0.4, -0.2) is 54.2 Å². The van der Waals surface area contributed by atoms with E-state index in [2.05, 4.69) is 5.32 Å². The summed E-state index contributed by atoms with van der Waals surface area (Å²) in [6, 6.07) is 7.68. The zero-order chi connectivity index (χ0) is 20.6. The molecule has 1 fully saturated rings. The summed E-state index contributed by atoms with van der Waals surface area (Å²) in [6.07, 6.45) is -3.50. The first kappa shape index (κ1) is 22.2. The highest BCUT2D eigenvalue weighted by atomic mass is 19.4. The van der Waals surface area contributed by atoms with Crippen LogP contribution in [0.5, 0.6) is 0 Å². The molecule has 1 aromatic carbocycles. The Kier molecular flexibility index (Phi) is 8.29. The maximum absolute atomic E-state index is 12.3. The van der Waals surface area contributed by atoms with Gasteiger partial charge in [0.2, 0.25) is 11.8 Å². The molecule has 0 spiro atoms. The molecule has 0 bridgehead atoms. The van der Waals surface area contributed by atoms with E-state index >= 15 is 0 Å². The van der Waals surface area contributed by atoms with Crippen LogP contribution in [-0.2, 0) is 22.4 Å². The third-order valence-corrected chi connectivity index (χ3v) is 4.83. The fourth-order valence-corrected chi connectivity index (χ4v) is 3.31. The molecule has 1 unspecified atom stereocenters. The van der Waals surface area contributed by atoms with Crippen molar-refractivity contribution >= 4 is 11.8 Å². The van der Waals surface area contributed by atoms with Crippen molar-refractivity contribution in [3.63, 3.8) is 0 Å². The first-order chi connectivity index (χ1) is 13.3. The maximum Gasteiger partial charge on any atom is 0.389 e. The van der Waals surface area contributed by atoms with Crippen molar-refractivity contribution < 1.29 is 27.9 Å². The minimum Gasteiger partial charge on any atom is -0.396 e. The van der Waals surface area contributed by atoms with E-state index in [-0.39, 0.29) is 24.9 Å². The number of nitrogens with zero attached hydrogens (tertiary/aromatic N) is 1. The second-order valence-electron chi connectivity index (χ2n) is 7.23. The normalized spacial score (nSPS) is 17.0. The van der Waals surface area contributed by atoms with Gasteiger partial charge in [0, 0.05) is 32.7 Å². The number of aliphatic hydroxyl groups excluding tert-OH is 1. The molecule has 1 atom stereocenters. The Morgan fingerprint density at radius 3 is 2.50 bits per heavy atom. The largest absolute Gasteiger partial charge is 0.396 e. The van der Waals surface area contributed by atoms with Gasteiger partial charge < -0.3 is 15.3 Å². The number of nitrogens with one attached hydrogen (secondary N) is 1. The Hall–Kier alpha value is -2.09. The lowest BCUT2D eigenvalue weighted by Crippen LogP contribution is -2.29. The quantitative estimate of drug-likeness (QED) is 0.626. The predicted molar refractivity (Wildman–Crippen MR) is 98.5 cm³/mol. The summed E-state index contributed by atoms with van der Waals surface area (Å²) in [4.78, 5) is 25.2. The van der Waals surface area contributed by atoms with E-state index in [9.17, 15) is 22.8 Å². The van der Waals surface area contributed by atoms with Crippen LogP contribution >= 0.6 is 0 Å². The summed E-state index contributed by atoms with van der Waals surface area (Å²) in [7, 11) is 0. The molecule has 0 aliphatic carbocycles. The number of likely N-dealkylation sites (tertiary alicyclic amines) is 1. The van der Waals surface area contributed by atoms with E-state index in [0.29, 0.717) is 26.1 Å². The molecule has 1 aliphatic heterocycles. The number of alkyl halides is 3. The van der Waals surface area contributed by atoms with E-state index in [1.807, 2.05) is 24.3 Å². The molecule has 2 N–H and O–H groups in total. The average Bonchev–Trinajstić information content (AvgIpc) is 3.09. The SMILES string of the molecule is O=C(Cc1ccc(CC2CCN(C(=O)CCC(F)(F)F)C2)cc1)NCCCO. The molecule has 8 heteroatoms. The standard InChI is InChI=1S/C20H27F3N2O3/c21-20(22,23)8-6-19(28)25-10-7-17(14-25)12-15-2-4-16(5-3-15)13-18(27)24-9-1-11-26/h2-5,17,26H,1,6-14H2,(H,24,27). The van der Waals surface area contributed by atoms with Crippen molar-refractivity contribution in [1.82, 2.24) is 10.2 Å². The van der Waals surface area contributed by atoms with Crippen LogP contribution in [0.25, 0.3) is 0 Å². The minimum absolute atomic E-state index is 0.0432. The van der Waals surface area contributed by atoms with Gasteiger partial charge in [0.05, 0.1) is 12.8 Å². The van der Waals surface area contributed by atoms with Crippen LogP contribution < -0.4 is 5.32 Å². The molecule has 28 heavy (non-hydrogen) atoms. The van der Waals surface area contributed by atoms with Crippen molar-refractivity contribution in [1.29, 1.82) is 0 Å². The molecule has 156 valence electrons. The molecule has 1 saturated heterocycles. The van der Waals surface area contributed by atoms with Gasteiger partial charge in [-0.3, -0.25) is 9.59 Å². The van der Waals surface area contributed by atoms with Gasteiger partial charge in [-0.1, -0.05) is 24.3 Å². The number of hydrogen-bond donors (Lipinski definition) is 2. The number of halogens is 3. The average molecular weight is 400 g/mol. The molecule has 2 amide bonds. The Labute approximate surface area is 162 Å². The Bertz CT molecular complexity index is 647. The van der Waals surface area contributed by atoms with Crippen molar-refractivity contribution in [2.75, 3.05) is 26.2 Å². The van der Waals surface area contributed by atoms with E-state index in [4.69, 9.17) is 5.11 Å². The monoisotopic (exact) mass is 400 g/mol. The molecule has 0 radical (unpaired) electrons. The van der Waals surface area contributed by atoms with Gasteiger partial charge in [0.1, 0.15) is 0 Å². The number of amides is 2. The lowest BCUT2D eigenvalue weighted by molar-refractivity contribution is -0.148. The summed E-state index contributed by atoms with van der Waals surface area (Å²) in [5.41, 5.74) is 1.97. The highest BCUT2D eigenvalue weighted by Gasteiger charge is 2.31. The number of benzene rings is 1. The summed E-state index contributed by atoms with van der Waals surface area (Å²) in [6.45, 7) is 1.49. The number of rotatable bonds is 9. The summed E-state index contributed by atoms with van der Waals surface area (Å²) in [5, 5.41) is 11.4. The van der Waals surface area contributed by atoms with Gasteiger partial charge in [-0.25, -0.2) is 0 Å². The predicted octanol–water partition coefficient (Wildman–Crippen LogP) is 2.46. The fourth-order valence-electron chi connectivity index (χ4n) is 3.31. The smallest absolute Gasteiger partial charge is 0.389 e. The summed E-state index contributed by atoms with van der Waals surface area (Å²) in [5.74, 6) is -0.283. The summed E-state index contributed by atoms with van der Waals surface area (Å²) < 4.78 is 36.8. The summed E-state index contributed by atoms with van der Waals surface area (Å²) >= 11 is 0. The fraction of sp³-hybridized carbons (Fsp3) is 0.600. The van der Waals surface area contributed by atoms with Crippen LogP contribution in [0, 0.1) is 5.92 Å². The van der Waals surface area contributed by atoms with Crippen LogP contribution in [0.1, 0.15) is 36.8 Å². The van der Waals surface area contributed by atoms with E-state index < -0.39 is 24.9 Å². The lowest BCUT2D eigenvalue weighted by atomic mass is 9.97. The number of carbonyl (C=O) groups excluding carboxylic acids is 2. The second-order valence-corrected chi connectivity index (χ2v) is 7.23. The van der Waals surface area contributed by atoms with Gasteiger partial charge in [-0.15, -0.1) is 0 Å². The Morgan fingerprint density at radius 2 is 1.86 bits per heavy atom. The molecule has 1 aromatic rings. The lowest BCUT2D eigenvalue weighted by Gasteiger charge is -2.17. The molecule has 0 saturated carbocycles. The number of aliphatic hydroxyl groups is 1. The zero-order valence-electron chi connectivity index (χ0n) is 15.8. The molecular formula is C20H27F3N2O3. The zero-order valence-corrected chi connectivity index (χ0v) is 15.8. The third-order valence-electron chi connectivity index (χ3n) is 4.83. The first-order valence-corrected chi connectivity index (χ1v) is 9.56. The maximum atomic E-state index is 12.3. The molecule has 1 heterocycles. The van der Waals surface area contributed by atoms with Crippen LogP contribution in [0.3, 0.4) is 0 Å². The minimum atomic E-state index is -4.30. The van der Waals surface area contributed by atoms with Gasteiger partial charge in [0.15, 0.2) is 0 Å². The Balaban J connectivity index is 1.75. The molecular weight excluding hydrogens is 373 g/mol. The van der Waals surface area contributed by atoms with Crippen molar-refractivity contribution in [3.8, 4) is 0 Å². The van der Waals surface area contributed by atoms with Gasteiger partial charge >= 0.3 is 6.18 Å². The van der Waals surface area contributed by atoms with E-state index in [1.165, 1.54) is 4.90 Å². The van der Waals surface area contributed by atoms with Gasteiger partial charge in [-0.05, 0) is 36.3 Å². The van der Waals surface area contributed by atoms with Gasteiger partial charge in [-0.2, -0.15) is 13.2 Å². The molecule has 1 aliphatic rings. The van der Waals surface area contributed by atoms with Crippen LogP contribution in [0.15, 0.2) is 24.3 Å². The molecule has 0 aromatic heterocycles. The topological polar surface area (TPSA) is 69.6 Å². The number of carbonyl (C=O) groups is 2. The van der Waals surface area contributed by atoms with E-state index in [0.717, 1.165) is 24.0 Å². The van der Waals surface area contributed by atoms with Crippen molar-refractivity contribution in [3.05, 3.63) is 35.4 Å². The molecule has 2 rings (SSSR count). The highest BCUT2D eigenvalue weighted by Crippen LogP contribution is 2.25. The van der Waals surface area contributed by atoms with E-state index in [1.54, 1.807) is 0 Å². The number of hydrogen-bond acceptors (Lipinski definition) is 3. The highest BCUT2D eigenvalue weighted by molar-refractivity contribution is 5.78. The molecule has 5 nitrogen and oxygen atoms in total. The van der Waals surface area contributed by atoms with Crippen LogP contribution in [0.4, 0.5) is 13.2 Å². The Morgan fingerprint density at radius 1 is 1.18 bits per heavy atom.